The van der Waals surface area contributed by atoms with Gasteiger partial charge in [0.2, 0.25) is 5.91 Å². The standard InChI is InChI=1S/C22H22N4O2/c27-21(26-19(10-13-23-26)16-6-2-1-3-7-16)17-11-14-25(15-12-17)22-24-18-8-4-5-9-20(18)28-22/h1-9,13,17,19H,10-12,14-15H2. The molecule has 2 aliphatic heterocycles. The van der Waals surface area contributed by atoms with Gasteiger partial charge in [-0.3, -0.25) is 4.79 Å². The summed E-state index contributed by atoms with van der Waals surface area (Å²) in [4.78, 5) is 19.8. The Morgan fingerprint density at radius 2 is 1.75 bits per heavy atom. The molecule has 1 amide bonds. The number of aromatic nitrogens is 1. The van der Waals surface area contributed by atoms with Crippen molar-refractivity contribution >= 4 is 29.2 Å². The molecule has 0 aliphatic carbocycles. The number of benzene rings is 2. The maximum atomic E-state index is 13.1. The van der Waals surface area contributed by atoms with E-state index < -0.39 is 0 Å². The van der Waals surface area contributed by atoms with Gasteiger partial charge in [-0.05, 0) is 30.5 Å². The Balaban J connectivity index is 1.26. The fourth-order valence-electron chi connectivity index (χ4n) is 4.08. The van der Waals surface area contributed by atoms with Crippen LogP contribution in [0.5, 0.6) is 0 Å². The Kier molecular flexibility index (Phi) is 4.31. The number of amides is 1. The zero-order chi connectivity index (χ0) is 18.9. The van der Waals surface area contributed by atoms with Crippen LogP contribution in [0.15, 0.2) is 64.1 Å². The van der Waals surface area contributed by atoms with E-state index in [1.807, 2.05) is 48.7 Å². The second kappa shape index (κ2) is 7.11. The Hall–Kier alpha value is -3.15. The lowest BCUT2D eigenvalue weighted by Crippen LogP contribution is -2.41. The van der Waals surface area contributed by atoms with E-state index in [-0.39, 0.29) is 17.9 Å². The number of hydrogen-bond donors (Lipinski definition) is 0. The summed E-state index contributed by atoms with van der Waals surface area (Å²) in [6, 6.07) is 18.6. The zero-order valence-electron chi connectivity index (χ0n) is 15.6. The van der Waals surface area contributed by atoms with Crippen LogP contribution in [-0.2, 0) is 4.79 Å². The number of anilines is 1. The summed E-state index contributed by atoms with van der Waals surface area (Å²) in [5, 5.41) is 6.08. The predicted molar refractivity (Wildman–Crippen MR) is 108 cm³/mol. The minimum atomic E-state index is -0.0120. The third-order valence-corrected chi connectivity index (χ3v) is 5.64. The van der Waals surface area contributed by atoms with Gasteiger partial charge >= 0.3 is 0 Å². The van der Waals surface area contributed by atoms with Crippen molar-refractivity contribution in [2.45, 2.75) is 25.3 Å². The molecule has 0 radical (unpaired) electrons. The number of piperidine rings is 1. The topological polar surface area (TPSA) is 61.9 Å². The molecule has 1 aromatic heterocycles. The number of oxazole rings is 1. The SMILES string of the molecule is O=C(C1CCN(c2nc3ccccc3o2)CC1)N1N=CCC1c1ccccc1. The average Bonchev–Trinajstić information content (AvgIpc) is 3.41. The Labute approximate surface area is 163 Å². The Bertz CT molecular complexity index is 973. The monoisotopic (exact) mass is 374 g/mol. The van der Waals surface area contributed by atoms with Gasteiger partial charge in [0.1, 0.15) is 5.52 Å². The molecule has 1 fully saturated rings. The van der Waals surface area contributed by atoms with Crippen LogP contribution < -0.4 is 4.90 Å². The van der Waals surface area contributed by atoms with E-state index in [4.69, 9.17) is 4.42 Å². The second-order valence-corrected chi connectivity index (χ2v) is 7.37. The molecule has 6 heteroatoms. The first-order valence-electron chi connectivity index (χ1n) is 9.80. The van der Waals surface area contributed by atoms with Crippen molar-refractivity contribution in [2.24, 2.45) is 11.0 Å². The van der Waals surface area contributed by atoms with Crippen molar-refractivity contribution in [3.05, 3.63) is 60.2 Å². The lowest BCUT2D eigenvalue weighted by Gasteiger charge is -2.33. The fourth-order valence-corrected chi connectivity index (χ4v) is 4.08. The number of nitrogens with zero attached hydrogens (tertiary/aromatic N) is 4. The molecule has 2 aliphatic rings. The van der Waals surface area contributed by atoms with E-state index in [9.17, 15) is 4.79 Å². The molecule has 28 heavy (non-hydrogen) atoms. The second-order valence-electron chi connectivity index (χ2n) is 7.37. The van der Waals surface area contributed by atoms with Crippen LogP contribution in [0.1, 0.15) is 30.9 Å². The number of carbonyl (C=O) groups is 1. The molecule has 3 aromatic rings. The summed E-state index contributed by atoms with van der Waals surface area (Å²) in [5.74, 6) is 0.113. The largest absolute Gasteiger partial charge is 0.423 e. The average molecular weight is 374 g/mol. The normalized spacial score (nSPS) is 20.2. The lowest BCUT2D eigenvalue weighted by atomic mass is 9.94. The van der Waals surface area contributed by atoms with E-state index in [1.54, 1.807) is 5.01 Å². The minimum Gasteiger partial charge on any atom is -0.423 e. The highest BCUT2D eigenvalue weighted by atomic mass is 16.4. The van der Waals surface area contributed by atoms with Gasteiger partial charge in [0, 0.05) is 31.6 Å². The number of para-hydroxylation sites is 2. The molecule has 0 spiro atoms. The van der Waals surface area contributed by atoms with Crippen LogP contribution in [0, 0.1) is 5.92 Å². The van der Waals surface area contributed by atoms with E-state index in [2.05, 4.69) is 27.1 Å². The molecule has 6 nitrogen and oxygen atoms in total. The molecular formula is C22H22N4O2. The molecule has 0 N–H and O–H groups in total. The molecule has 5 rings (SSSR count). The Morgan fingerprint density at radius 1 is 1.00 bits per heavy atom. The van der Waals surface area contributed by atoms with Crippen molar-refractivity contribution in [1.29, 1.82) is 0 Å². The number of rotatable bonds is 3. The summed E-state index contributed by atoms with van der Waals surface area (Å²) in [7, 11) is 0. The molecule has 3 heterocycles. The summed E-state index contributed by atoms with van der Waals surface area (Å²) in [6.07, 6.45) is 4.19. The van der Waals surface area contributed by atoms with Crippen LogP contribution in [0.4, 0.5) is 6.01 Å². The Morgan fingerprint density at radius 3 is 2.54 bits per heavy atom. The number of carbonyl (C=O) groups excluding carboxylic acids is 1. The quantitative estimate of drug-likeness (QED) is 0.695. The number of fused-ring (bicyclic) bond motifs is 1. The van der Waals surface area contributed by atoms with Crippen molar-refractivity contribution < 1.29 is 9.21 Å². The van der Waals surface area contributed by atoms with Crippen LogP contribution in [0.2, 0.25) is 0 Å². The lowest BCUT2D eigenvalue weighted by molar-refractivity contribution is -0.138. The van der Waals surface area contributed by atoms with Crippen LogP contribution in [0.3, 0.4) is 0 Å². The highest BCUT2D eigenvalue weighted by Gasteiger charge is 2.35. The molecule has 1 atom stereocenters. The summed E-state index contributed by atoms with van der Waals surface area (Å²) in [5.41, 5.74) is 2.80. The van der Waals surface area contributed by atoms with Crippen LogP contribution >= 0.6 is 0 Å². The van der Waals surface area contributed by atoms with Crippen molar-refractivity contribution in [1.82, 2.24) is 9.99 Å². The summed E-state index contributed by atoms with van der Waals surface area (Å²) >= 11 is 0. The third kappa shape index (κ3) is 3.05. The van der Waals surface area contributed by atoms with E-state index in [0.29, 0.717) is 6.01 Å². The van der Waals surface area contributed by atoms with Crippen molar-refractivity contribution in [2.75, 3.05) is 18.0 Å². The molecule has 0 bridgehead atoms. The maximum Gasteiger partial charge on any atom is 0.298 e. The van der Waals surface area contributed by atoms with Gasteiger partial charge in [-0.2, -0.15) is 10.1 Å². The van der Waals surface area contributed by atoms with Gasteiger partial charge in [0.05, 0.1) is 6.04 Å². The van der Waals surface area contributed by atoms with E-state index in [1.165, 1.54) is 0 Å². The maximum absolute atomic E-state index is 13.1. The molecule has 142 valence electrons. The summed E-state index contributed by atoms with van der Waals surface area (Å²) in [6.45, 7) is 1.52. The van der Waals surface area contributed by atoms with Crippen molar-refractivity contribution in [3.63, 3.8) is 0 Å². The highest BCUT2D eigenvalue weighted by Crippen LogP contribution is 2.32. The zero-order valence-corrected chi connectivity index (χ0v) is 15.6. The van der Waals surface area contributed by atoms with Gasteiger partial charge in [-0.1, -0.05) is 42.5 Å². The highest BCUT2D eigenvalue weighted by molar-refractivity contribution is 5.82. The smallest absolute Gasteiger partial charge is 0.298 e. The van der Waals surface area contributed by atoms with Gasteiger partial charge in [0.25, 0.3) is 6.01 Å². The van der Waals surface area contributed by atoms with Crippen LogP contribution in [0.25, 0.3) is 11.1 Å². The van der Waals surface area contributed by atoms with E-state index in [0.717, 1.165) is 49.0 Å². The first-order valence-corrected chi connectivity index (χ1v) is 9.80. The molecule has 2 aromatic carbocycles. The van der Waals surface area contributed by atoms with Gasteiger partial charge in [-0.15, -0.1) is 0 Å². The van der Waals surface area contributed by atoms with Gasteiger partial charge < -0.3 is 9.32 Å². The third-order valence-electron chi connectivity index (χ3n) is 5.64. The number of hydrazone groups is 1. The predicted octanol–water partition coefficient (Wildman–Crippen LogP) is 4.00. The molecular weight excluding hydrogens is 352 g/mol. The molecule has 1 saturated heterocycles. The van der Waals surface area contributed by atoms with Gasteiger partial charge in [-0.25, -0.2) is 5.01 Å². The molecule has 0 saturated carbocycles. The first kappa shape index (κ1) is 17.0. The number of hydrogen-bond acceptors (Lipinski definition) is 5. The van der Waals surface area contributed by atoms with E-state index >= 15 is 0 Å². The summed E-state index contributed by atoms with van der Waals surface area (Å²) < 4.78 is 5.87. The first-order chi connectivity index (χ1) is 13.8. The molecule has 1 unspecified atom stereocenters. The van der Waals surface area contributed by atoms with Crippen LogP contribution in [-0.4, -0.2) is 35.2 Å². The van der Waals surface area contributed by atoms with Gasteiger partial charge in [0.15, 0.2) is 5.58 Å². The van der Waals surface area contributed by atoms with Crippen molar-refractivity contribution in [3.8, 4) is 0 Å². The minimum absolute atomic E-state index is 0.0120. The fraction of sp³-hybridized carbons (Fsp3) is 0.318.